The zero-order valence-electron chi connectivity index (χ0n) is 32.7. The number of hydrogen-bond donors (Lipinski definition) is 5. The number of aliphatic hydroxyl groups is 3. The van der Waals surface area contributed by atoms with Gasteiger partial charge in [0.05, 0.1) is 25.9 Å². The van der Waals surface area contributed by atoms with Gasteiger partial charge in [-0.2, -0.15) is 0 Å². The van der Waals surface area contributed by atoms with Crippen LogP contribution in [0.5, 0.6) is 5.75 Å². The second-order valence-electron chi connectivity index (χ2n) is 17.8. The lowest BCUT2D eigenvalue weighted by Crippen LogP contribution is -2.81. The van der Waals surface area contributed by atoms with Crippen molar-refractivity contribution in [2.45, 2.75) is 112 Å². The molecule has 6 N–H and O–H groups in total. The van der Waals surface area contributed by atoms with Gasteiger partial charge in [-0.1, -0.05) is 44.2 Å². The SMILES string of the molecule is CC[C@@]1(O)CC2CCc3c([nH]c4ccccc34)[C@@](C(=O)OC)(c3cc4c(cc3OC)N(C)[C@H]3[C@@](O)(C(N)=O)[C@H](O)[C@]5(CC)C=CCN6CC[C@]43[C@@H]65)C[C@H](C2)C1. The molecule has 2 aromatic carbocycles. The molecule has 2 saturated carbocycles. The maximum atomic E-state index is 15.2. The summed E-state index contributed by atoms with van der Waals surface area (Å²) in [6.07, 6.45) is 8.52. The average Bonchev–Trinajstić information content (AvgIpc) is 3.84. The third kappa shape index (κ3) is 4.52. The summed E-state index contributed by atoms with van der Waals surface area (Å²) in [6, 6.07) is 11.1. The number of hydrogen-bond acceptors (Lipinski definition) is 9. The number of methoxy groups -OCH3 is 2. The van der Waals surface area contributed by atoms with Gasteiger partial charge in [0.25, 0.3) is 5.91 Å². The Hall–Kier alpha value is -3.90. The number of likely N-dealkylation sites (N-methyl/N-ethyl adjacent to an activating group) is 1. The van der Waals surface area contributed by atoms with Gasteiger partial charge in [0.15, 0.2) is 5.60 Å². The van der Waals surface area contributed by atoms with Gasteiger partial charge in [-0.25, -0.2) is 0 Å². The molecule has 1 saturated heterocycles. The minimum absolute atomic E-state index is 0.00492. The van der Waals surface area contributed by atoms with Crippen molar-refractivity contribution in [3.63, 3.8) is 0 Å². The number of carbonyl (C=O) groups excluding carboxylic acids is 2. The fraction of sp³-hybridized carbons (Fsp3) is 0.591. The summed E-state index contributed by atoms with van der Waals surface area (Å²) in [7, 11) is 4.92. The third-order valence-corrected chi connectivity index (χ3v) is 15.7. The Labute approximate surface area is 322 Å². The monoisotopic (exact) mass is 752 g/mol. The predicted octanol–water partition coefficient (Wildman–Crippen LogP) is 4.22. The topological polar surface area (TPSA) is 162 Å². The first kappa shape index (κ1) is 36.7. The molecule has 9 rings (SSSR count). The summed E-state index contributed by atoms with van der Waals surface area (Å²) in [5, 5.41) is 38.0. The van der Waals surface area contributed by atoms with Crippen LogP contribution < -0.4 is 15.4 Å². The highest BCUT2D eigenvalue weighted by Gasteiger charge is 2.78. The van der Waals surface area contributed by atoms with Crippen LogP contribution in [0, 0.1) is 17.3 Å². The normalized spacial score (nSPS) is 39.0. The highest BCUT2D eigenvalue weighted by atomic mass is 16.5. The van der Waals surface area contributed by atoms with Crippen molar-refractivity contribution in [1.29, 1.82) is 0 Å². The molecule has 1 spiro atoms. The molecule has 3 aromatic rings. The fourth-order valence-corrected chi connectivity index (χ4v) is 13.5. The summed E-state index contributed by atoms with van der Waals surface area (Å²) < 4.78 is 12.2. The summed E-state index contributed by atoms with van der Waals surface area (Å²) in [5.74, 6) is -0.599. The van der Waals surface area contributed by atoms with Crippen molar-refractivity contribution in [3.05, 3.63) is 70.9 Å². The molecule has 1 aromatic heterocycles. The molecule has 3 fully saturated rings. The summed E-state index contributed by atoms with van der Waals surface area (Å²) in [5.41, 5.74) is 4.97. The number of esters is 1. The second-order valence-corrected chi connectivity index (χ2v) is 17.8. The number of para-hydroxylation sites is 1. The molecule has 0 radical (unpaired) electrons. The van der Waals surface area contributed by atoms with Crippen LogP contribution in [0.25, 0.3) is 10.9 Å². The first-order valence-corrected chi connectivity index (χ1v) is 20.3. The van der Waals surface area contributed by atoms with E-state index in [9.17, 15) is 20.1 Å². The van der Waals surface area contributed by atoms with Crippen molar-refractivity contribution in [2.75, 3.05) is 39.3 Å². The molecule has 3 aliphatic heterocycles. The molecule has 11 nitrogen and oxygen atoms in total. The van der Waals surface area contributed by atoms with E-state index in [0.717, 1.165) is 59.1 Å². The summed E-state index contributed by atoms with van der Waals surface area (Å²) in [4.78, 5) is 37.0. The molecule has 11 heteroatoms. The van der Waals surface area contributed by atoms with Crippen molar-refractivity contribution < 1.29 is 34.4 Å². The van der Waals surface area contributed by atoms with E-state index in [1.165, 1.54) is 7.11 Å². The van der Waals surface area contributed by atoms with E-state index in [1.807, 2.05) is 49.2 Å². The van der Waals surface area contributed by atoms with Gasteiger partial charge in [-0.15, -0.1) is 0 Å². The van der Waals surface area contributed by atoms with Crippen LogP contribution in [0.1, 0.15) is 87.6 Å². The van der Waals surface area contributed by atoms with E-state index in [-0.39, 0.29) is 12.0 Å². The number of aromatic nitrogens is 1. The van der Waals surface area contributed by atoms with Crippen molar-refractivity contribution in [3.8, 4) is 5.75 Å². The number of aryl methyl sites for hydroxylation is 1. The molecule has 4 heterocycles. The zero-order valence-corrected chi connectivity index (χ0v) is 32.7. The highest BCUT2D eigenvalue weighted by molar-refractivity contribution is 5.95. The smallest absolute Gasteiger partial charge is 0.322 e. The lowest BCUT2D eigenvalue weighted by atomic mass is 9.47. The number of nitrogens with two attached hydrogens (primary N) is 1. The van der Waals surface area contributed by atoms with Gasteiger partial charge >= 0.3 is 5.97 Å². The Morgan fingerprint density at radius 1 is 1.02 bits per heavy atom. The first-order chi connectivity index (χ1) is 26.3. The lowest BCUT2D eigenvalue weighted by Gasteiger charge is -2.63. The number of H-pyrrole nitrogens is 1. The number of amides is 1. The number of benzene rings is 2. The molecule has 3 aliphatic carbocycles. The minimum Gasteiger partial charge on any atom is -0.496 e. The molecular weight excluding hydrogens is 697 g/mol. The van der Waals surface area contributed by atoms with Crippen molar-refractivity contribution in [1.82, 2.24) is 9.88 Å². The highest BCUT2D eigenvalue weighted by Crippen LogP contribution is 2.67. The van der Waals surface area contributed by atoms with E-state index in [2.05, 4.69) is 35.0 Å². The lowest BCUT2D eigenvalue weighted by molar-refractivity contribution is -0.201. The van der Waals surface area contributed by atoms with E-state index < -0.39 is 51.5 Å². The van der Waals surface area contributed by atoms with Gasteiger partial charge in [-0.3, -0.25) is 14.5 Å². The molecule has 6 aliphatic rings. The number of rotatable bonds is 6. The standard InChI is InChI=1S/C44H56N4O7/c1-6-40(52)22-25-13-14-28-27-11-8-9-12-31(27)46-34(28)43(39(51)55-5,24-26(19-25)23-40)30-20-29-32(21-33(30)54-4)47(3)36-42(29)16-18-48-17-10-15-41(7-2,35(42)48)37(49)44(36,53)38(45)50/h8-12,15,20-21,25-26,35-37,46,49,52-53H,6-7,13-14,16-19,22-24H2,1-5H3,(H2,45,50)/t25?,26-,35+,36-,37-,40-,41-,42-,43+,44+/m1/s1. The minimum atomic E-state index is -2.30. The number of ether oxygens (including phenoxy) is 2. The number of nitrogens with zero attached hydrogens (tertiary/aromatic N) is 2. The Bertz CT molecular complexity index is 2120. The average molecular weight is 753 g/mol. The predicted molar refractivity (Wildman–Crippen MR) is 209 cm³/mol. The van der Waals surface area contributed by atoms with Gasteiger partial charge < -0.3 is 40.4 Å². The molecule has 1 unspecified atom stereocenters. The van der Waals surface area contributed by atoms with Crippen LogP contribution in [0.4, 0.5) is 5.69 Å². The van der Waals surface area contributed by atoms with Crippen molar-refractivity contribution in [2.24, 2.45) is 23.0 Å². The molecule has 2 bridgehead atoms. The van der Waals surface area contributed by atoms with Gasteiger partial charge in [0, 0.05) is 64.4 Å². The summed E-state index contributed by atoms with van der Waals surface area (Å²) in [6.45, 7) is 5.42. The van der Waals surface area contributed by atoms with E-state index in [4.69, 9.17) is 15.2 Å². The van der Waals surface area contributed by atoms with Crippen LogP contribution in [0.2, 0.25) is 0 Å². The molecule has 294 valence electrons. The first-order valence-electron chi connectivity index (χ1n) is 20.3. The number of anilines is 1. The number of nitrogens with one attached hydrogen (secondary N) is 1. The van der Waals surface area contributed by atoms with Crippen LogP contribution in [-0.4, -0.2) is 101 Å². The Kier molecular flexibility index (Phi) is 8.21. The van der Waals surface area contributed by atoms with Crippen LogP contribution in [0.15, 0.2) is 48.6 Å². The largest absolute Gasteiger partial charge is 0.496 e. The molecule has 10 atom stereocenters. The molecule has 1 amide bonds. The van der Waals surface area contributed by atoms with Crippen molar-refractivity contribution >= 4 is 28.5 Å². The number of aliphatic hydroxyl groups excluding tert-OH is 1. The van der Waals surface area contributed by atoms with Crippen LogP contribution >= 0.6 is 0 Å². The third-order valence-electron chi connectivity index (χ3n) is 15.7. The second kappa shape index (κ2) is 12.3. The Morgan fingerprint density at radius 3 is 2.49 bits per heavy atom. The van der Waals surface area contributed by atoms with E-state index in [1.54, 1.807) is 7.11 Å². The molecule has 55 heavy (non-hydrogen) atoms. The molecular formula is C44H56N4O7. The number of aromatic amines is 1. The summed E-state index contributed by atoms with van der Waals surface area (Å²) >= 11 is 0. The Balaban J connectivity index is 1.36. The van der Waals surface area contributed by atoms with E-state index in [0.29, 0.717) is 62.4 Å². The fourth-order valence-electron chi connectivity index (χ4n) is 13.5. The number of carbonyl (C=O) groups is 2. The van der Waals surface area contributed by atoms with E-state index >= 15 is 4.79 Å². The van der Waals surface area contributed by atoms with Gasteiger partial charge in [-0.05, 0) is 99.4 Å². The van der Waals surface area contributed by atoms with Gasteiger partial charge in [0.1, 0.15) is 17.3 Å². The van der Waals surface area contributed by atoms with Crippen LogP contribution in [0.3, 0.4) is 0 Å². The Morgan fingerprint density at radius 2 is 1.78 bits per heavy atom. The van der Waals surface area contributed by atoms with Crippen LogP contribution in [-0.2, 0) is 31.6 Å². The zero-order chi connectivity index (χ0) is 38.9. The number of primary amides is 1. The maximum Gasteiger partial charge on any atom is 0.322 e. The number of fused-ring (bicyclic) bond motifs is 6. The maximum absolute atomic E-state index is 15.2. The quantitative estimate of drug-likeness (QED) is 0.184. The van der Waals surface area contributed by atoms with Gasteiger partial charge in [0.2, 0.25) is 0 Å².